The number of hydrogen-bond donors (Lipinski definition) is 4. The Balaban J connectivity index is 2.26. The van der Waals surface area contributed by atoms with Crippen molar-refractivity contribution < 1.29 is 9.82 Å². The minimum Gasteiger partial charge on any atom is -0.378 e. The highest BCUT2D eigenvalue weighted by Gasteiger charge is 2.23. The average Bonchev–Trinajstić information content (AvgIpc) is 2.54. The molecule has 5 N–H and O–H groups in total. The van der Waals surface area contributed by atoms with E-state index < -0.39 is 4.92 Å². The first-order chi connectivity index (χ1) is 12.3. The van der Waals surface area contributed by atoms with Gasteiger partial charge < -0.3 is 21.3 Å². The number of nitrogens with one attached hydrogen (secondary N) is 3. The Labute approximate surface area is 152 Å². The molecular weight excluding hydrogens is 334 g/mol. The Hall–Kier alpha value is -2.94. The lowest BCUT2D eigenvalue weighted by molar-refractivity contribution is -0.858. The predicted octanol–water partition coefficient (Wildman–Crippen LogP) is 1.27. The van der Waals surface area contributed by atoms with E-state index >= 15 is 0 Å². The maximum atomic E-state index is 11.4. The number of nitrogens with two attached hydrogens (primary N) is 1. The smallest absolute Gasteiger partial charge is 0.353 e. The second-order valence-corrected chi connectivity index (χ2v) is 6.55. The third-order valence-electron chi connectivity index (χ3n) is 4.00. The van der Waals surface area contributed by atoms with Crippen molar-refractivity contribution in [1.82, 2.24) is 9.97 Å². The molecular formula is C17H26N7O2+. The molecule has 0 fully saturated rings. The molecule has 0 amide bonds. The number of nitro groups is 1. The molecule has 0 aliphatic heterocycles. The Morgan fingerprint density at radius 2 is 1.96 bits per heavy atom. The van der Waals surface area contributed by atoms with Crippen LogP contribution in [0.3, 0.4) is 0 Å². The van der Waals surface area contributed by atoms with Gasteiger partial charge in [0.1, 0.15) is 0 Å². The van der Waals surface area contributed by atoms with Crippen molar-refractivity contribution in [3.05, 3.63) is 39.4 Å². The molecule has 0 spiro atoms. The average molecular weight is 360 g/mol. The molecule has 1 aromatic heterocycles. The minimum atomic E-state index is -0.572. The summed E-state index contributed by atoms with van der Waals surface area (Å²) in [6, 6.07) is 5.69. The van der Waals surface area contributed by atoms with Gasteiger partial charge in [0, 0.05) is 18.7 Å². The summed E-state index contributed by atoms with van der Waals surface area (Å²) in [6.07, 6.45) is 0.919. The van der Waals surface area contributed by atoms with Crippen molar-refractivity contribution in [2.45, 2.75) is 20.3 Å². The Morgan fingerprint density at radius 3 is 2.58 bits per heavy atom. The van der Waals surface area contributed by atoms with Crippen LogP contribution in [0.1, 0.15) is 17.5 Å². The van der Waals surface area contributed by atoms with Crippen molar-refractivity contribution in [3.63, 3.8) is 0 Å². The van der Waals surface area contributed by atoms with Crippen LogP contribution in [-0.2, 0) is 0 Å². The summed E-state index contributed by atoms with van der Waals surface area (Å²) >= 11 is 0. The van der Waals surface area contributed by atoms with Gasteiger partial charge in [-0.15, -0.1) is 0 Å². The Morgan fingerprint density at radius 1 is 1.23 bits per heavy atom. The lowest BCUT2D eigenvalue weighted by Gasteiger charge is -2.12. The van der Waals surface area contributed by atoms with E-state index in [4.69, 9.17) is 5.73 Å². The van der Waals surface area contributed by atoms with Gasteiger partial charge in [0.05, 0.1) is 25.6 Å². The number of nitrogens with zero attached hydrogens (tertiary/aromatic N) is 3. The van der Waals surface area contributed by atoms with E-state index in [0.29, 0.717) is 12.2 Å². The van der Waals surface area contributed by atoms with Crippen LogP contribution < -0.4 is 21.3 Å². The molecule has 0 bridgehead atoms. The molecule has 0 saturated carbocycles. The summed E-state index contributed by atoms with van der Waals surface area (Å²) in [5.41, 5.74) is 8.39. The number of benzene rings is 1. The molecule has 2 aromatic rings. The number of aromatic nitrogens is 2. The third kappa shape index (κ3) is 5.03. The maximum Gasteiger partial charge on any atom is 0.353 e. The van der Waals surface area contributed by atoms with Gasteiger partial charge in [0.15, 0.2) is 0 Å². The summed E-state index contributed by atoms with van der Waals surface area (Å²) in [5, 5.41) is 17.5. The molecule has 2 rings (SSSR count). The lowest BCUT2D eigenvalue weighted by Crippen LogP contribution is -3.05. The molecule has 0 unspecified atom stereocenters. The molecule has 9 nitrogen and oxygen atoms in total. The molecule has 0 aliphatic rings. The van der Waals surface area contributed by atoms with Gasteiger partial charge in [0.2, 0.25) is 17.6 Å². The van der Waals surface area contributed by atoms with Gasteiger partial charge in [-0.1, -0.05) is 6.07 Å². The number of aryl methyl sites for hydroxylation is 2. The monoisotopic (exact) mass is 360 g/mol. The van der Waals surface area contributed by atoms with Crippen LogP contribution in [-0.4, -0.2) is 42.1 Å². The summed E-state index contributed by atoms with van der Waals surface area (Å²) in [4.78, 5) is 20.4. The summed E-state index contributed by atoms with van der Waals surface area (Å²) < 4.78 is 0. The predicted molar refractivity (Wildman–Crippen MR) is 103 cm³/mol. The zero-order valence-corrected chi connectivity index (χ0v) is 15.6. The normalized spacial score (nSPS) is 10.8. The first-order valence-electron chi connectivity index (χ1n) is 8.47. The molecule has 1 aromatic carbocycles. The van der Waals surface area contributed by atoms with Crippen molar-refractivity contribution >= 4 is 29.0 Å². The molecule has 0 aliphatic carbocycles. The standard InChI is InChI=1S/C17H25N7O2/c1-11-6-7-13(10-12(11)2)20-16-14(24(25)26)15(18)21-17(22-16)19-8-5-9-23(3)4/h6-7,10H,5,8-9H2,1-4H3,(H4,18,19,20,21,22)/p+1. The highest BCUT2D eigenvalue weighted by molar-refractivity contribution is 5.74. The Bertz CT molecular complexity index is 793. The van der Waals surface area contributed by atoms with Crippen LogP contribution in [0.2, 0.25) is 0 Å². The fourth-order valence-corrected chi connectivity index (χ4v) is 2.42. The van der Waals surface area contributed by atoms with E-state index in [2.05, 4.69) is 34.7 Å². The number of quaternary nitrogens is 1. The molecule has 9 heteroatoms. The van der Waals surface area contributed by atoms with Crippen molar-refractivity contribution in [2.24, 2.45) is 0 Å². The molecule has 0 radical (unpaired) electrons. The largest absolute Gasteiger partial charge is 0.378 e. The topological polar surface area (TPSA) is 123 Å². The van der Waals surface area contributed by atoms with Crippen molar-refractivity contribution in [2.75, 3.05) is 43.6 Å². The van der Waals surface area contributed by atoms with E-state index in [1.54, 1.807) is 0 Å². The van der Waals surface area contributed by atoms with Crippen molar-refractivity contribution in [1.29, 1.82) is 0 Å². The zero-order valence-electron chi connectivity index (χ0n) is 15.6. The van der Waals surface area contributed by atoms with Gasteiger partial charge in [-0.2, -0.15) is 9.97 Å². The quantitative estimate of drug-likeness (QED) is 0.317. The highest BCUT2D eigenvalue weighted by Crippen LogP contribution is 2.31. The van der Waals surface area contributed by atoms with Gasteiger partial charge in [-0.05, 0) is 37.1 Å². The fraction of sp³-hybridized carbons (Fsp3) is 0.412. The minimum absolute atomic E-state index is 0.0755. The first-order valence-corrected chi connectivity index (χ1v) is 8.47. The first kappa shape index (κ1) is 19.4. The number of rotatable bonds is 8. The van der Waals surface area contributed by atoms with E-state index in [9.17, 15) is 10.1 Å². The van der Waals surface area contributed by atoms with Gasteiger partial charge in [-0.25, -0.2) is 0 Å². The second kappa shape index (κ2) is 8.43. The molecule has 26 heavy (non-hydrogen) atoms. The van der Waals surface area contributed by atoms with Gasteiger partial charge in [-0.3, -0.25) is 10.1 Å². The second-order valence-electron chi connectivity index (χ2n) is 6.55. The van der Waals surface area contributed by atoms with Crippen LogP contribution in [0.4, 0.5) is 29.0 Å². The van der Waals surface area contributed by atoms with Crippen molar-refractivity contribution in [3.8, 4) is 0 Å². The Kier molecular flexibility index (Phi) is 6.29. The third-order valence-corrected chi connectivity index (χ3v) is 4.00. The highest BCUT2D eigenvalue weighted by atomic mass is 16.6. The van der Waals surface area contributed by atoms with Crippen LogP contribution in [0.15, 0.2) is 18.2 Å². The van der Waals surface area contributed by atoms with Crippen LogP contribution >= 0.6 is 0 Å². The lowest BCUT2D eigenvalue weighted by atomic mass is 10.1. The number of nitrogen functional groups attached to an aromatic ring is 1. The van der Waals surface area contributed by atoms with E-state index in [0.717, 1.165) is 24.1 Å². The van der Waals surface area contributed by atoms with Crippen LogP contribution in [0.25, 0.3) is 0 Å². The number of hydrogen-bond acceptors (Lipinski definition) is 7. The fourth-order valence-electron chi connectivity index (χ4n) is 2.42. The zero-order chi connectivity index (χ0) is 19.3. The maximum absolute atomic E-state index is 11.4. The molecule has 1 heterocycles. The van der Waals surface area contributed by atoms with Gasteiger partial charge in [0.25, 0.3) is 0 Å². The van der Waals surface area contributed by atoms with Crippen LogP contribution in [0, 0.1) is 24.0 Å². The molecule has 140 valence electrons. The summed E-state index contributed by atoms with van der Waals surface area (Å²) in [7, 11) is 4.15. The summed E-state index contributed by atoms with van der Waals surface area (Å²) in [6.45, 7) is 5.62. The van der Waals surface area contributed by atoms with E-state index in [-0.39, 0.29) is 23.3 Å². The SMILES string of the molecule is Cc1ccc(Nc2nc(NCCC[NH+](C)C)nc(N)c2[N+](=O)[O-])cc1C. The van der Waals surface area contributed by atoms with E-state index in [1.165, 1.54) is 4.90 Å². The summed E-state index contributed by atoms with van der Waals surface area (Å²) in [5.74, 6) is 0.178. The van der Waals surface area contributed by atoms with Gasteiger partial charge >= 0.3 is 5.69 Å². The number of anilines is 4. The van der Waals surface area contributed by atoms with Crippen LogP contribution in [0.5, 0.6) is 0 Å². The molecule has 0 saturated heterocycles. The molecule has 0 atom stereocenters. The van der Waals surface area contributed by atoms with E-state index in [1.807, 2.05) is 32.0 Å².